The van der Waals surface area contributed by atoms with Crippen molar-refractivity contribution in [1.82, 2.24) is 20.0 Å². The fraction of sp³-hybridized carbons (Fsp3) is 0.300. The van der Waals surface area contributed by atoms with Gasteiger partial charge in [0.1, 0.15) is 0 Å². The summed E-state index contributed by atoms with van der Waals surface area (Å²) in [4.78, 5) is 48.0. The highest BCUT2D eigenvalue weighted by Gasteiger charge is 2.34. The van der Waals surface area contributed by atoms with Crippen molar-refractivity contribution in [3.05, 3.63) is 57.2 Å². The lowest BCUT2D eigenvalue weighted by Gasteiger charge is -2.11. The fourth-order valence-corrected chi connectivity index (χ4v) is 3.80. The third-order valence-electron chi connectivity index (χ3n) is 4.50. The Kier molecular flexibility index (Phi) is 7.19. The molecule has 11 heteroatoms. The van der Waals surface area contributed by atoms with Crippen LogP contribution in [0.5, 0.6) is 0 Å². The zero-order valence-corrected chi connectivity index (χ0v) is 17.6. The zero-order valence-electron chi connectivity index (χ0n) is 16.8. The van der Waals surface area contributed by atoms with Gasteiger partial charge in [0.15, 0.2) is 0 Å². The molecule has 162 valence electrons. The first-order valence-corrected chi connectivity index (χ1v) is 10.5. The number of rotatable bonds is 9. The lowest BCUT2D eigenvalue weighted by molar-refractivity contribution is -0.384. The number of nitro groups is 1. The summed E-state index contributed by atoms with van der Waals surface area (Å²) in [6.07, 6.45) is 4.71. The first-order valence-electron chi connectivity index (χ1n) is 9.71. The highest BCUT2D eigenvalue weighted by atomic mass is 32.2. The minimum atomic E-state index is -0.478. The number of hydrogen-bond acceptors (Lipinski definition) is 7. The molecule has 0 bridgehead atoms. The number of thioether (sulfide) groups is 1. The molecule has 0 saturated carbocycles. The summed E-state index contributed by atoms with van der Waals surface area (Å²) >= 11 is 0.854. The Morgan fingerprint density at radius 3 is 2.65 bits per heavy atom. The van der Waals surface area contributed by atoms with Gasteiger partial charge in [-0.25, -0.2) is 4.68 Å². The van der Waals surface area contributed by atoms with Crippen molar-refractivity contribution < 1.29 is 19.3 Å². The van der Waals surface area contributed by atoms with E-state index in [0.717, 1.165) is 11.8 Å². The van der Waals surface area contributed by atoms with Crippen LogP contribution in [0.4, 0.5) is 10.5 Å². The van der Waals surface area contributed by atoms with Crippen LogP contribution in [-0.2, 0) is 9.59 Å². The summed E-state index contributed by atoms with van der Waals surface area (Å²) in [5, 5.41) is 17.5. The third-order valence-corrected chi connectivity index (χ3v) is 5.40. The first kappa shape index (κ1) is 22.2. The van der Waals surface area contributed by atoms with Gasteiger partial charge in [-0.15, -0.1) is 0 Å². The monoisotopic (exact) mass is 443 g/mol. The van der Waals surface area contributed by atoms with Gasteiger partial charge in [-0.2, -0.15) is 5.10 Å². The van der Waals surface area contributed by atoms with Crippen LogP contribution in [-0.4, -0.2) is 49.7 Å². The van der Waals surface area contributed by atoms with E-state index in [1.54, 1.807) is 30.5 Å². The smallest absolute Gasteiger partial charge is 0.293 e. The van der Waals surface area contributed by atoms with Crippen molar-refractivity contribution in [3.8, 4) is 5.69 Å². The quantitative estimate of drug-likeness (QED) is 0.273. The number of carbonyl (C=O) groups is 3. The third kappa shape index (κ3) is 5.57. The van der Waals surface area contributed by atoms with E-state index in [1.165, 1.54) is 21.7 Å². The van der Waals surface area contributed by atoms with Crippen LogP contribution < -0.4 is 5.32 Å². The number of nitrogens with one attached hydrogen (secondary N) is 1. The molecule has 1 fully saturated rings. The average molecular weight is 443 g/mol. The molecule has 1 aromatic carbocycles. The van der Waals surface area contributed by atoms with Gasteiger partial charge in [0.2, 0.25) is 5.91 Å². The molecule has 10 nitrogen and oxygen atoms in total. The van der Waals surface area contributed by atoms with E-state index in [0.29, 0.717) is 37.2 Å². The number of unbranched alkanes of at least 4 members (excludes halogenated alkanes) is 1. The number of non-ortho nitro benzene ring substituents is 1. The number of nitro benzene ring substituents is 1. The molecule has 1 saturated heterocycles. The van der Waals surface area contributed by atoms with E-state index in [4.69, 9.17) is 0 Å². The summed E-state index contributed by atoms with van der Waals surface area (Å²) in [7, 11) is 0. The molecule has 3 rings (SSSR count). The van der Waals surface area contributed by atoms with Crippen LogP contribution in [0.15, 0.2) is 41.4 Å². The van der Waals surface area contributed by atoms with Crippen LogP contribution in [0, 0.1) is 10.1 Å². The predicted molar refractivity (Wildman–Crippen MR) is 115 cm³/mol. The summed E-state index contributed by atoms with van der Waals surface area (Å²) in [5.74, 6) is -0.418. The number of nitrogens with zero attached hydrogens (tertiary/aromatic N) is 4. The second-order valence-electron chi connectivity index (χ2n) is 6.70. The largest absolute Gasteiger partial charge is 0.356 e. The fourth-order valence-electron chi connectivity index (χ4n) is 2.95. The van der Waals surface area contributed by atoms with Crippen LogP contribution >= 0.6 is 11.8 Å². The highest BCUT2D eigenvalue weighted by Crippen LogP contribution is 2.32. The van der Waals surface area contributed by atoms with Crippen molar-refractivity contribution in [3.63, 3.8) is 0 Å². The van der Waals surface area contributed by atoms with Gasteiger partial charge >= 0.3 is 0 Å². The second-order valence-corrected chi connectivity index (χ2v) is 7.70. The van der Waals surface area contributed by atoms with Gasteiger partial charge in [-0.05, 0) is 55.8 Å². The normalized spacial score (nSPS) is 15.0. The molecule has 1 aliphatic heterocycles. The molecule has 1 aliphatic rings. The number of amides is 3. The summed E-state index contributed by atoms with van der Waals surface area (Å²) in [6.45, 7) is 2.69. The highest BCUT2D eigenvalue weighted by molar-refractivity contribution is 8.18. The Balaban J connectivity index is 1.61. The molecular formula is C20H21N5O5S. The van der Waals surface area contributed by atoms with E-state index in [1.807, 2.05) is 6.92 Å². The predicted octanol–water partition coefficient (Wildman–Crippen LogP) is 3.12. The van der Waals surface area contributed by atoms with Crippen molar-refractivity contribution >= 4 is 40.6 Å². The number of imide groups is 1. The number of aromatic nitrogens is 2. The lowest BCUT2D eigenvalue weighted by Crippen LogP contribution is -2.29. The molecule has 0 spiro atoms. The Morgan fingerprint density at radius 2 is 1.97 bits per heavy atom. The molecule has 0 radical (unpaired) electrons. The van der Waals surface area contributed by atoms with Gasteiger partial charge < -0.3 is 5.32 Å². The van der Waals surface area contributed by atoms with Gasteiger partial charge in [-0.3, -0.25) is 29.4 Å². The molecule has 1 aromatic heterocycles. The van der Waals surface area contributed by atoms with Crippen LogP contribution in [0.1, 0.15) is 31.9 Å². The van der Waals surface area contributed by atoms with Crippen molar-refractivity contribution in [2.75, 3.05) is 13.1 Å². The van der Waals surface area contributed by atoms with Gasteiger partial charge in [0.05, 0.1) is 21.2 Å². The van der Waals surface area contributed by atoms with Crippen LogP contribution in [0.3, 0.4) is 0 Å². The van der Waals surface area contributed by atoms with E-state index in [9.17, 15) is 24.5 Å². The van der Waals surface area contributed by atoms with E-state index in [-0.39, 0.29) is 34.2 Å². The molecule has 1 N–H and O–H groups in total. The van der Waals surface area contributed by atoms with Crippen LogP contribution in [0.25, 0.3) is 11.8 Å². The minimum Gasteiger partial charge on any atom is -0.356 e. The van der Waals surface area contributed by atoms with Crippen molar-refractivity contribution in [1.29, 1.82) is 0 Å². The molecule has 2 heterocycles. The number of carbonyl (C=O) groups excluding carboxylic acids is 3. The minimum absolute atomic E-state index is 0.0178. The molecule has 31 heavy (non-hydrogen) atoms. The van der Waals surface area contributed by atoms with Gasteiger partial charge in [-0.1, -0.05) is 0 Å². The first-order chi connectivity index (χ1) is 14.9. The number of hydrogen-bond donors (Lipinski definition) is 1. The molecular weight excluding hydrogens is 422 g/mol. The number of benzene rings is 1. The lowest BCUT2D eigenvalue weighted by atomic mass is 10.2. The topological polar surface area (TPSA) is 127 Å². The Hall–Kier alpha value is -3.47. The van der Waals surface area contributed by atoms with E-state index >= 15 is 0 Å². The molecule has 3 amide bonds. The molecule has 0 unspecified atom stereocenters. The standard InChI is InChI=1S/C20H21N5O5S/c1-2-21-18(26)5-3-4-11-23-19(27)17(31-20(23)28)13-14-10-12-24(22-14)15-6-8-16(9-7-15)25(29)30/h6-10,12-13H,2-5,11H2,1H3,(H,21,26)/b17-13-. The second kappa shape index (κ2) is 10.0. The van der Waals surface area contributed by atoms with E-state index in [2.05, 4.69) is 10.4 Å². The molecule has 0 aliphatic carbocycles. The maximum Gasteiger partial charge on any atom is 0.293 e. The Bertz CT molecular complexity index is 1030. The van der Waals surface area contributed by atoms with Gasteiger partial charge in [0, 0.05) is 37.8 Å². The maximum atomic E-state index is 12.6. The molecule has 2 aromatic rings. The van der Waals surface area contributed by atoms with Crippen molar-refractivity contribution in [2.24, 2.45) is 0 Å². The summed E-state index contributed by atoms with van der Waals surface area (Å²) in [5.41, 5.74) is 1.10. The average Bonchev–Trinajstić information content (AvgIpc) is 3.31. The van der Waals surface area contributed by atoms with E-state index < -0.39 is 4.92 Å². The Morgan fingerprint density at radius 1 is 1.23 bits per heavy atom. The Labute approximate surface area is 182 Å². The summed E-state index contributed by atoms with van der Waals surface area (Å²) in [6, 6.07) is 7.59. The SMILES string of the molecule is CCNC(=O)CCCCN1C(=O)S/C(=C\c2ccn(-c3ccc([N+](=O)[O-])cc3)n2)C1=O. The van der Waals surface area contributed by atoms with Crippen molar-refractivity contribution in [2.45, 2.75) is 26.2 Å². The molecule has 0 atom stereocenters. The maximum absolute atomic E-state index is 12.6. The van der Waals surface area contributed by atoms with Crippen LogP contribution in [0.2, 0.25) is 0 Å². The van der Waals surface area contributed by atoms with Gasteiger partial charge in [0.25, 0.3) is 16.8 Å². The zero-order chi connectivity index (χ0) is 22.4. The summed E-state index contributed by atoms with van der Waals surface area (Å²) < 4.78 is 1.53.